The second-order valence-corrected chi connectivity index (χ2v) is 14.8. The maximum atomic E-state index is 13.1. The number of aliphatic hydroxyl groups excluding tert-OH is 4. The number of nitrogens with zero attached hydrogens (tertiary/aromatic N) is 4. The Morgan fingerprint density at radius 2 is 0.957 bits per heavy atom. The summed E-state index contributed by atoms with van der Waals surface area (Å²) in [5.41, 5.74) is 10.3. The molecule has 0 amide bonds. The van der Waals surface area contributed by atoms with Crippen molar-refractivity contribution in [2.45, 2.75) is 13.2 Å². The van der Waals surface area contributed by atoms with Crippen LogP contribution in [0.25, 0.3) is 0 Å². The number of nitrogens with one attached hydrogen (secondary N) is 1. The molecule has 0 aliphatic heterocycles. The maximum Gasteiger partial charge on any atom is 0.394 e. The van der Waals surface area contributed by atoms with E-state index in [1.165, 1.54) is 12.1 Å². The first kappa shape index (κ1) is 57.6. The molecule has 0 aliphatic carbocycles. The minimum absolute atomic E-state index is 0. The summed E-state index contributed by atoms with van der Waals surface area (Å²) in [5, 5.41) is 61.2. The zero-order valence-electron chi connectivity index (χ0n) is 37.0. The van der Waals surface area contributed by atoms with E-state index in [-0.39, 0.29) is 49.9 Å². The maximum absolute atomic E-state index is 13.1. The third kappa shape index (κ3) is 22.2. The number of nitro groups is 2. The Morgan fingerprint density at radius 3 is 1.35 bits per heavy atom. The van der Waals surface area contributed by atoms with E-state index >= 15 is 0 Å². The van der Waals surface area contributed by atoms with Gasteiger partial charge < -0.3 is 56.2 Å². The summed E-state index contributed by atoms with van der Waals surface area (Å²) in [4.78, 5) is 24.7. The van der Waals surface area contributed by atoms with Crippen molar-refractivity contribution in [3.63, 3.8) is 0 Å². The Hall–Kier alpha value is -7.48. The predicted octanol–water partition coefficient (Wildman–Crippen LogP) is 5.60. The van der Waals surface area contributed by atoms with E-state index in [0.717, 1.165) is 34.6 Å². The van der Waals surface area contributed by atoms with Crippen LogP contribution in [0.4, 0.5) is 44.2 Å². The molecule has 6 aromatic carbocycles. The molecule has 0 bridgehead atoms. The molecular weight excluding hydrogens is 928 g/mol. The number of nitrogen functional groups attached to an aromatic ring is 1. The number of hydrogen-bond acceptors (Lipinski definition) is 16. The summed E-state index contributed by atoms with van der Waals surface area (Å²) in [6.07, 6.45) is 0. The Labute approximate surface area is 397 Å². The number of aliphatic hydroxyl groups is 4. The van der Waals surface area contributed by atoms with Gasteiger partial charge in [-0.15, -0.1) is 0 Å². The van der Waals surface area contributed by atoms with Crippen LogP contribution >= 0.6 is 0 Å². The predicted molar refractivity (Wildman–Crippen MR) is 259 cm³/mol. The third-order valence-electron chi connectivity index (χ3n) is 9.03. The Morgan fingerprint density at radius 1 is 0.580 bits per heavy atom. The first-order valence-corrected chi connectivity index (χ1v) is 21.9. The largest absolute Gasteiger partial charge is 0.489 e. The van der Waals surface area contributed by atoms with Crippen molar-refractivity contribution in [2.24, 2.45) is 0 Å². The highest BCUT2D eigenvalue weighted by Crippen LogP contribution is 2.32. The summed E-state index contributed by atoms with van der Waals surface area (Å²) in [6.45, 7) is 2.56. The average molecular weight is 983 g/mol. The topological polar surface area (TPSA) is 336 Å². The van der Waals surface area contributed by atoms with E-state index in [1.807, 2.05) is 94.7 Å². The van der Waals surface area contributed by atoms with Gasteiger partial charge in [-0.25, -0.2) is 0 Å². The molecule has 0 radical (unpaired) electrons. The van der Waals surface area contributed by atoms with Crippen molar-refractivity contribution in [2.75, 3.05) is 73.5 Å². The van der Waals surface area contributed by atoms with Crippen LogP contribution in [-0.4, -0.2) is 106 Å². The van der Waals surface area contributed by atoms with Crippen molar-refractivity contribution in [3.8, 4) is 11.5 Å². The minimum Gasteiger partial charge on any atom is -0.489 e. The molecule has 69 heavy (non-hydrogen) atoms. The smallest absolute Gasteiger partial charge is 0.394 e. The van der Waals surface area contributed by atoms with Gasteiger partial charge in [0.15, 0.2) is 0 Å². The van der Waals surface area contributed by atoms with Crippen molar-refractivity contribution in [1.29, 1.82) is 0 Å². The lowest BCUT2D eigenvalue weighted by atomic mass is 10.2. The number of ether oxygens (including phenoxy) is 2. The number of hydrogen-bond donors (Lipinski definition) is 8. The molecule has 6 rings (SSSR count). The fourth-order valence-electron chi connectivity index (χ4n) is 5.88. The monoisotopic (exact) mass is 982 g/mol. The first-order chi connectivity index (χ1) is 32.5. The highest BCUT2D eigenvalue weighted by molar-refractivity contribution is 7.79. The lowest BCUT2D eigenvalue weighted by Crippen LogP contribution is -2.29. The molecular formula is C46H55FN6O15S. The van der Waals surface area contributed by atoms with Crippen LogP contribution in [-0.2, 0) is 23.6 Å². The highest BCUT2D eigenvalue weighted by atomic mass is 32.3. The second kappa shape index (κ2) is 30.7. The molecule has 21 nitrogen and oxygen atoms in total. The molecule has 0 unspecified atom stereocenters. The van der Waals surface area contributed by atoms with Crippen molar-refractivity contribution >= 4 is 50.2 Å². The van der Waals surface area contributed by atoms with Crippen LogP contribution in [0.5, 0.6) is 11.5 Å². The Balaban J connectivity index is 0.000000364. The van der Waals surface area contributed by atoms with Crippen LogP contribution in [0.3, 0.4) is 0 Å². The van der Waals surface area contributed by atoms with Gasteiger partial charge in [-0.1, -0.05) is 60.7 Å². The molecule has 23 heteroatoms. The average Bonchev–Trinajstić information content (AvgIpc) is 3.32. The zero-order chi connectivity index (χ0) is 49.9. The van der Waals surface area contributed by atoms with Crippen molar-refractivity contribution in [1.82, 2.24) is 0 Å². The van der Waals surface area contributed by atoms with Gasteiger partial charge >= 0.3 is 16.1 Å². The van der Waals surface area contributed by atoms with Gasteiger partial charge in [-0.3, -0.25) is 29.3 Å². The van der Waals surface area contributed by atoms with E-state index in [2.05, 4.69) is 5.32 Å². The summed E-state index contributed by atoms with van der Waals surface area (Å²) in [6, 6.07) is 41.7. The summed E-state index contributed by atoms with van der Waals surface area (Å²) >= 11 is 0. The number of anilines is 5. The molecule has 0 spiro atoms. The molecule has 0 saturated carbocycles. The van der Waals surface area contributed by atoms with Crippen molar-refractivity contribution < 1.29 is 67.1 Å². The molecule has 11 N–H and O–H groups in total. The molecule has 0 saturated heterocycles. The Bertz CT molecular complexity index is 2510. The molecule has 0 atom stereocenters. The lowest BCUT2D eigenvalue weighted by Gasteiger charge is -2.23. The second-order valence-electron chi connectivity index (χ2n) is 13.9. The van der Waals surface area contributed by atoms with E-state index in [9.17, 15) is 34.8 Å². The van der Waals surface area contributed by atoms with Crippen LogP contribution in [0, 0.1) is 26.0 Å². The highest BCUT2D eigenvalue weighted by Gasteiger charge is 2.17. The standard InChI is InChI=1S/C23H25N3O5.C13H10FNO3.C10H16N2O2.H2O4S.H2O/c27-14-12-25(13-15-28)20-8-6-19(7-9-20)24-22-11-10-21(16-23(22)26(29)30)31-17-18-4-2-1-3-5-18;14-12-7-6-11(8-13(12)15(16)17)18-9-10-4-2-1-3-5-10;11-9-1-3-10(4-2-9)12(5-7-13)6-8-14;1-5(2,3)4;/h1-11,16,24,27-28H,12-15,17H2;1-8H,9H2;1-4,13-14H,5-8,11H2;(H2,1,2,3,4);1H2. The minimum atomic E-state index is -4.67. The van der Waals surface area contributed by atoms with E-state index in [4.69, 9.17) is 42.9 Å². The van der Waals surface area contributed by atoms with Gasteiger partial charge in [0, 0.05) is 48.9 Å². The summed E-state index contributed by atoms with van der Waals surface area (Å²) in [5.74, 6) is -0.181. The summed E-state index contributed by atoms with van der Waals surface area (Å²) in [7, 11) is -4.67. The van der Waals surface area contributed by atoms with Gasteiger partial charge in [0.25, 0.3) is 5.69 Å². The molecule has 0 aromatic heterocycles. The molecule has 0 aliphatic rings. The third-order valence-corrected chi connectivity index (χ3v) is 9.03. The fourth-order valence-corrected chi connectivity index (χ4v) is 5.88. The fraction of sp³-hybridized carbons (Fsp3) is 0.217. The van der Waals surface area contributed by atoms with Crippen LogP contribution < -0.4 is 30.3 Å². The number of rotatable bonds is 20. The van der Waals surface area contributed by atoms with Crippen LogP contribution in [0.2, 0.25) is 0 Å². The SMILES string of the molecule is Nc1ccc(N(CCO)CCO)cc1.O.O=S(=O)(O)O.O=[N+]([O-])c1cc(OCc2ccccc2)ccc1F.O=[N+]([O-])c1cc(OCc2ccccc2)ccc1Nc1ccc(N(CCO)CCO)cc1. The lowest BCUT2D eigenvalue weighted by molar-refractivity contribution is -0.387. The Kier molecular flexibility index (Phi) is 25.7. The van der Waals surface area contributed by atoms with Gasteiger partial charge in [-0.05, 0) is 83.9 Å². The molecule has 0 heterocycles. The molecule has 0 fully saturated rings. The molecule has 6 aromatic rings. The number of nitrogens with two attached hydrogens (primary N) is 1. The van der Waals surface area contributed by atoms with E-state index in [0.29, 0.717) is 55.6 Å². The first-order valence-electron chi connectivity index (χ1n) is 20.5. The quantitative estimate of drug-likeness (QED) is 0.0200. The van der Waals surface area contributed by atoms with E-state index < -0.39 is 31.8 Å². The van der Waals surface area contributed by atoms with E-state index in [1.54, 1.807) is 36.4 Å². The van der Waals surface area contributed by atoms with Crippen LogP contribution in [0.15, 0.2) is 146 Å². The normalized spacial score (nSPS) is 10.2. The molecule has 372 valence electrons. The van der Waals surface area contributed by atoms with Crippen molar-refractivity contribution in [3.05, 3.63) is 183 Å². The van der Waals surface area contributed by atoms with Gasteiger partial charge in [0.2, 0.25) is 5.82 Å². The number of benzene rings is 6. The van der Waals surface area contributed by atoms with Gasteiger partial charge in [-0.2, -0.15) is 12.8 Å². The summed E-state index contributed by atoms with van der Waals surface area (Å²) < 4.78 is 55.7. The van der Waals surface area contributed by atoms with Crippen LogP contribution in [0.1, 0.15) is 11.1 Å². The van der Waals surface area contributed by atoms with Gasteiger partial charge in [0.05, 0.1) is 48.4 Å². The number of nitro benzene ring substituents is 2. The number of halogens is 1. The van der Waals surface area contributed by atoms with Gasteiger partial charge in [0.1, 0.15) is 30.4 Å². The zero-order valence-corrected chi connectivity index (χ0v) is 37.8.